The average molecular weight is 269 g/mol. The van der Waals surface area contributed by atoms with Gasteiger partial charge < -0.3 is 14.4 Å². The summed E-state index contributed by atoms with van der Waals surface area (Å²) in [6.07, 6.45) is -1.40. The summed E-state index contributed by atoms with van der Waals surface area (Å²) in [5, 5.41) is 0. The first-order valence-electron chi connectivity index (χ1n) is 6.63. The summed E-state index contributed by atoms with van der Waals surface area (Å²) in [7, 11) is 0. The maximum atomic E-state index is 13.2. The Labute approximate surface area is 111 Å². The van der Waals surface area contributed by atoms with Crippen molar-refractivity contribution >= 4 is 5.69 Å². The van der Waals surface area contributed by atoms with Crippen LogP contribution in [-0.2, 0) is 0 Å². The van der Waals surface area contributed by atoms with E-state index in [1.165, 1.54) is 6.07 Å². The van der Waals surface area contributed by atoms with Crippen LogP contribution in [0.25, 0.3) is 0 Å². The fourth-order valence-corrected chi connectivity index (χ4v) is 2.97. The van der Waals surface area contributed by atoms with Crippen molar-refractivity contribution in [1.29, 1.82) is 0 Å². The Kier molecular flexibility index (Phi) is 2.80. The van der Waals surface area contributed by atoms with Crippen LogP contribution in [0.1, 0.15) is 26.7 Å². The van der Waals surface area contributed by atoms with Gasteiger partial charge in [-0.25, -0.2) is 0 Å². The number of nitrogens with zero attached hydrogens (tertiary/aromatic N) is 1. The number of para-hydroxylation sites is 1. The van der Waals surface area contributed by atoms with Gasteiger partial charge in [-0.2, -0.15) is 0 Å². The Bertz CT molecular complexity index is 490. The molecule has 104 valence electrons. The zero-order chi connectivity index (χ0) is 13.6. The summed E-state index contributed by atoms with van der Waals surface area (Å²) in [4.78, 5) is 2.16. The molecule has 1 unspecified atom stereocenters. The summed E-state index contributed by atoms with van der Waals surface area (Å²) < 4.78 is 35.6. The van der Waals surface area contributed by atoms with E-state index in [9.17, 15) is 8.78 Å². The van der Waals surface area contributed by atoms with Gasteiger partial charge in [-0.1, -0.05) is 19.9 Å². The molecule has 0 saturated carbocycles. The Hall–Kier alpha value is -1.52. The molecule has 3 nitrogen and oxygen atoms in total. The van der Waals surface area contributed by atoms with Crippen molar-refractivity contribution in [3.63, 3.8) is 0 Å². The summed E-state index contributed by atoms with van der Waals surface area (Å²) in [6, 6.07) is 5.43. The van der Waals surface area contributed by atoms with Gasteiger partial charge in [0.25, 0.3) is 0 Å². The Morgan fingerprint density at radius 2 is 2.11 bits per heavy atom. The minimum Gasteiger partial charge on any atom is -0.395 e. The molecular formula is C14H17F2NO2. The number of hydrogen-bond acceptors (Lipinski definition) is 3. The van der Waals surface area contributed by atoms with Crippen LogP contribution < -0.4 is 14.4 Å². The molecule has 3 rings (SSSR count). The predicted molar refractivity (Wildman–Crippen MR) is 67.9 cm³/mol. The van der Waals surface area contributed by atoms with E-state index in [0.29, 0.717) is 17.6 Å². The second-order valence-corrected chi connectivity index (χ2v) is 5.42. The molecule has 0 amide bonds. The lowest BCUT2D eigenvalue weighted by Crippen LogP contribution is -2.33. The number of benzene rings is 1. The molecule has 2 heterocycles. The second kappa shape index (κ2) is 4.25. The summed E-state index contributed by atoms with van der Waals surface area (Å²) in [5.41, 5.74) is 0.714. The van der Waals surface area contributed by atoms with Gasteiger partial charge in [-0.05, 0) is 30.9 Å². The number of hydrogen-bond donors (Lipinski definition) is 0. The molecule has 0 aliphatic carbocycles. The quantitative estimate of drug-likeness (QED) is 0.818. The van der Waals surface area contributed by atoms with Gasteiger partial charge in [0.15, 0.2) is 11.5 Å². The van der Waals surface area contributed by atoms with E-state index >= 15 is 0 Å². The number of halogens is 2. The van der Waals surface area contributed by atoms with Crippen molar-refractivity contribution in [3.05, 3.63) is 18.2 Å². The van der Waals surface area contributed by atoms with Crippen LogP contribution in [0.15, 0.2) is 18.2 Å². The third-order valence-corrected chi connectivity index (χ3v) is 3.79. The minimum absolute atomic E-state index is 0.122. The molecular weight excluding hydrogens is 252 g/mol. The predicted octanol–water partition coefficient (Wildman–Crippen LogP) is 3.63. The number of alkyl halides is 2. The molecule has 0 aromatic heterocycles. The number of ether oxygens (including phenoxy) is 2. The third-order valence-electron chi connectivity index (χ3n) is 3.79. The fourth-order valence-electron chi connectivity index (χ4n) is 2.97. The van der Waals surface area contributed by atoms with Gasteiger partial charge in [-0.3, -0.25) is 0 Å². The summed E-state index contributed by atoms with van der Waals surface area (Å²) in [6.45, 7) is 5.17. The maximum Gasteiger partial charge on any atom is 0.586 e. The normalized spacial score (nSPS) is 24.3. The maximum absolute atomic E-state index is 13.2. The lowest BCUT2D eigenvalue weighted by atomic mass is 10.0. The molecule has 2 aliphatic rings. The van der Waals surface area contributed by atoms with Gasteiger partial charge in [-0.15, -0.1) is 8.78 Å². The molecule has 1 aromatic rings. The Balaban J connectivity index is 1.97. The molecule has 1 fully saturated rings. The lowest BCUT2D eigenvalue weighted by Gasteiger charge is -2.30. The number of fused-ring (bicyclic) bond motifs is 1. The van der Waals surface area contributed by atoms with Gasteiger partial charge in [0.2, 0.25) is 0 Å². The highest BCUT2D eigenvalue weighted by molar-refractivity contribution is 5.66. The van der Waals surface area contributed by atoms with Crippen LogP contribution in [0.2, 0.25) is 0 Å². The van der Waals surface area contributed by atoms with Crippen LogP contribution in [0.5, 0.6) is 11.5 Å². The Morgan fingerprint density at radius 1 is 1.32 bits per heavy atom. The lowest BCUT2D eigenvalue weighted by molar-refractivity contribution is -0.286. The highest BCUT2D eigenvalue weighted by Crippen LogP contribution is 2.48. The van der Waals surface area contributed by atoms with E-state index < -0.39 is 6.29 Å². The molecule has 2 aliphatic heterocycles. The van der Waals surface area contributed by atoms with Crippen molar-refractivity contribution in [1.82, 2.24) is 0 Å². The summed E-state index contributed by atoms with van der Waals surface area (Å²) >= 11 is 0. The molecule has 0 bridgehead atoms. The molecule has 1 aromatic carbocycles. The molecule has 1 saturated heterocycles. The van der Waals surface area contributed by atoms with Crippen LogP contribution >= 0.6 is 0 Å². The van der Waals surface area contributed by atoms with Crippen LogP contribution in [0, 0.1) is 5.92 Å². The van der Waals surface area contributed by atoms with Crippen molar-refractivity contribution in [2.45, 2.75) is 39.0 Å². The van der Waals surface area contributed by atoms with E-state index in [4.69, 9.17) is 0 Å². The fraction of sp³-hybridized carbons (Fsp3) is 0.571. The first kappa shape index (κ1) is 12.5. The van der Waals surface area contributed by atoms with E-state index in [1.54, 1.807) is 6.07 Å². The smallest absolute Gasteiger partial charge is 0.395 e. The first-order valence-corrected chi connectivity index (χ1v) is 6.63. The number of rotatable bonds is 2. The van der Waals surface area contributed by atoms with Crippen molar-refractivity contribution in [2.24, 2.45) is 5.92 Å². The Morgan fingerprint density at radius 3 is 2.84 bits per heavy atom. The minimum atomic E-state index is -3.55. The highest BCUT2D eigenvalue weighted by atomic mass is 19.3. The molecule has 0 N–H and O–H groups in total. The second-order valence-electron chi connectivity index (χ2n) is 5.42. The van der Waals surface area contributed by atoms with Crippen molar-refractivity contribution in [3.8, 4) is 11.5 Å². The summed E-state index contributed by atoms with van der Waals surface area (Å²) in [5.74, 6) is 0.762. The average Bonchev–Trinajstić information content (AvgIpc) is 2.89. The van der Waals surface area contributed by atoms with E-state index in [2.05, 4.69) is 28.2 Å². The molecule has 0 radical (unpaired) electrons. The SMILES string of the molecule is CC(C)C1CCCN1c1cccc2c1OC(F)(F)O2. The van der Waals surface area contributed by atoms with Gasteiger partial charge in [0.05, 0.1) is 5.69 Å². The molecule has 0 spiro atoms. The number of anilines is 1. The van der Waals surface area contributed by atoms with Crippen LogP contribution in [-0.4, -0.2) is 18.9 Å². The molecule has 1 atom stereocenters. The zero-order valence-electron chi connectivity index (χ0n) is 11.0. The first-order chi connectivity index (χ1) is 8.98. The highest BCUT2D eigenvalue weighted by Gasteiger charge is 2.45. The molecule has 5 heteroatoms. The van der Waals surface area contributed by atoms with Gasteiger partial charge in [0, 0.05) is 12.6 Å². The van der Waals surface area contributed by atoms with Gasteiger partial charge >= 0.3 is 6.29 Å². The molecule has 19 heavy (non-hydrogen) atoms. The van der Waals surface area contributed by atoms with E-state index in [1.807, 2.05) is 6.07 Å². The van der Waals surface area contributed by atoms with Crippen molar-refractivity contribution < 1.29 is 18.3 Å². The topological polar surface area (TPSA) is 21.7 Å². The van der Waals surface area contributed by atoms with Gasteiger partial charge in [0.1, 0.15) is 0 Å². The third kappa shape index (κ3) is 2.11. The van der Waals surface area contributed by atoms with Crippen LogP contribution in [0.3, 0.4) is 0 Å². The standard InChI is InChI=1S/C14H17F2NO2/c1-9(2)10-6-4-8-17(10)11-5-3-7-12-13(11)19-14(15,16)18-12/h3,5,7,9-10H,4,6,8H2,1-2H3. The van der Waals surface area contributed by atoms with E-state index in [0.717, 1.165) is 19.4 Å². The zero-order valence-corrected chi connectivity index (χ0v) is 11.0. The monoisotopic (exact) mass is 269 g/mol. The largest absolute Gasteiger partial charge is 0.586 e. The van der Waals surface area contributed by atoms with Crippen LogP contribution in [0.4, 0.5) is 14.5 Å². The van der Waals surface area contributed by atoms with E-state index in [-0.39, 0.29) is 11.5 Å². The van der Waals surface area contributed by atoms with Crippen molar-refractivity contribution in [2.75, 3.05) is 11.4 Å².